The molecule has 2 rings (SSSR count). The summed E-state index contributed by atoms with van der Waals surface area (Å²) < 4.78 is 31.6. The fourth-order valence-electron chi connectivity index (χ4n) is 2.07. The second-order valence-electron chi connectivity index (χ2n) is 4.73. The van der Waals surface area contributed by atoms with E-state index < -0.39 is 10.4 Å². The van der Waals surface area contributed by atoms with Crippen LogP contribution in [0.25, 0.3) is 11.1 Å². The van der Waals surface area contributed by atoms with E-state index in [9.17, 15) is 5.11 Å². The molecule has 0 radical (unpaired) electrons. The summed E-state index contributed by atoms with van der Waals surface area (Å²) in [6.45, 7) is 2.20. The Labute approximate surface area is 159 Å². The molecule has 0 aliphatic heterocycles. The average molecular weight is 348 g/mol. The third kappa shape index (κ3) is 9.10. The molecule has 0 unspecified atom stereocenters. The van der Waals surface area contributed by atoms with Crippen molar-refractivity contribution >= 4 is 40.0 Å². The van der Waals surface area contributed by atoms with E-state index in [0.29, 0.717) is 5.75 Å². The van der Waals surface area contributed by atoms with Gasteiger partial charge in [0, 0.05) is 5.56 Å². The summed E-state index contributed by atoms with van der Waals surface area (Å²) in [6, 6.07) is 15.9. The maximum absolute atomic E-state index is 9.91. The van der Waals surface area contributed by atoms with Gasteiger partial charge >= 0.3 is 40.0 Å². The Morgan fingerprint density at radius 2 is 1.39 bits per heavy atom. The van der Waals surface area contributed by atoms with Crippen LogP contribution in [0.1, 0.15) is 25.3 Å². The van der Waals surface area contributed by atoms with Crippen molar-refractivity contribution in [1.82, 2.24) is 0 Å². The van der Waals surface area contributed by atoms with Gasteiger partial charge in [-0.05, 0) is 30.0 Å². The summed E-state index contributed by atoms with van der Waals surface area (Å²) in [5.41, 5.74) is 3.40. The van der Waals surface area contributed by atoms with Crippen LogP contribution in [0.4, 0.5) is 0 Å². The molecule has 2 aromatic carbocycles. The van der Waals surface area contributed by atoms with Gasteiger partial charge in [-0.25, -0.2) is 0 Å². The molecular weight excluding hydrogens is 327 g/mol. The summed E-state index contributed by atoms with van der Waals surface area (Å²) in [7, 11) is -4.67. The standard InChI is InChI=1S/C16H18O.Na.H2O4S.H/c1-2-3-8-13-9-4-5-10-14(13)15-11-6-7-12-16(15)17;;1-5(2,3)4;/h4-7,9-12,17H,2-3,8H2,1H3;;(H2,1,2,3,4);. The first-order valence-corrected chi connectivity index (χ1v) is 8.28. The van der Waals surface area contributed by atoms with E-state index in [1.165, 1.54) is 18.4 Å². The van der Waals surface area contributed by atoms with Gasteiger partial charge in [-0.3, -0.25) is 9.11 Å². The number of aryl methyl sites for hydroxylation is 1. The van der Waals surface area contributed by atoms with E-state index in [-0.39, 0.29) is 29.6 Å². The quantitative estimate of drug-likeness (QED) is 0.583. The number of phenols is 1. The second-order valence-corrected chi connectivity index (χ2v) is 5.62. The molecule has 2 aromatic rings. The van der Waals surface area contributed by atoms with Gasteiger partial charge in [-0.2, -0.15) is 8.42 Å². The van der Waals surface area contributed by atoms with Crippen LogP contribution >= 0.6 is 0 Å². The van der Waals surface area contributed by atoms with E-state index >= 15 is 0 Å². The Morgan fingerprint density at radius 3 is 1.91 bits per heavy atom. The van der Waals surface area contributed by atoms with E-state index in [4.69, 9.17) is 17.5 Å². The molecular formula is C16H21NaO5S. The number of hydrogen-bond acceptors (Lipinski definition) is 3. The minimum atomic E-state index is -4.67. The number of unbranched alkanes of at least 4 members (excludes halogenated alkanes) is 1. The van der Waals surface area contributed by atoms with Crippen molar-refractivity contribution in [1.29, 1.82) is 0 Å². The van der Waals surface area contributed by atoms with E-state index in [0.717, 1.165) is 17.5 Å². The fourth-order valence-corrected chi connectivity index (χ4v) is 2.07. The fraction of sp³-hybridized carbons (Fsp3) is 0.250. The predicted molar refractivity (Wildman–Crippen MR) is 93.5 cm³/mol. The normalized spacial score (nSPS) is 10.2. The van der Waals surface area contributed by atoms with Crippen LogP contribution in [0, 0.1) is 0 Å². The van der Waals surface area contributed by atoms with Crippen molar-refractivity contribution in [2.24, 2.45) is 0 Å². The van der Waals surface area contributed by atoms with Gasteiger partial charge in [-0.1, -0.05) is 55.8 Å². The number of rotatable bonds is 4. The topological polar surface area (TPSA) is 94.8 Å². The van der Waals surface area contributed by atoms with Crippen LogP contribution < -0.4 is 0 Å². The van der Waals surface area contributed by atoms with Crippen LogP contribution in [0.15, 0.2) is 48.5 Å². The van der Waals surface area contributed by atoms with Crippen LogP contribution in [0.5, 0.6) is 5.75 Å². The molecule has 0 aromatic heterocycles. The van der Waals surface area contributed by atoms with Crippen molar-refractivity contribution < 1.29 is 22.6 Å². The number of hydrogen-bond donors (Lipinski definition) is 3. The molecule has 122 valence electrons. The molecule has 0 aliphatic rings. The van der Waals surface area contributed by atoms with Gasteiger partial charge in [0.15, 0.2) is 0 Å². The molecule has 0 saturated carbocycles. The van der Waals surface area contributed by atoms with Crippen molar-refractivity contribution in [2.75, 3.05) is 0 Å². The number of aromatic hydroxyl groups is 1. The Bertz CT molecular complexity index is 693. The Morgan fingerprint density at radius 1 is 0.913 bits per heavy atom. The van der Waals surface area contributed by atoms with Crippen LogP contribution in [0.2, 0.25) is 0 Å². The zero-order chi connectivity index (χ0) is 16.6. The molecule has 3 N–H and O–H groups in total. The molecule has 5 nitrogen and oxygen atoms in total. The maximum atomic E-state index is 9.91. The molecule has 0 atom stereocenters. The predicted octanol–water partition coefficient (Wildman–Crippen LogP) is 3.10. The Hall–Kier alpha value is -0.890. The first-order valence-electron chi connectivity index (χ1n) is 6.89. The van der Waals surface area contributed by atoms with E-state index in [1.807, 2.05) is 24.3 Å². The van der Waals surface area contributed by atoms with Gasteiger partial charge in [0.2, 0.25) is 0 Å². The molecule has 0 spiro atoms. The van der Waals surface area contributed by atoms with Crippen molar-refractivity contribution in [3.63, 3.8) is 0 Å². The number of para-hydroxylation sites is 1. The summed E-state index contributed by atoms with van der Waals surface area (Å²) in [4.78, 5) is 0. The third-order valence-electron chi connectivity index (χ3n) is 3.01. The molecule has 0 amide bonds. The molecule has 0 fully saturated rings. The average Bonchev–Trinajstić information content (AvgIpc) is 2.44. The first-order chi connectivity index (χ1) is 10.3. The minimum absolute atomic E-state index is 0. The molecule has 0 bridgehead atoms. The zero-order valence-electron chi connectivity index (χ0n) is 12.3. The van der Waals surface area contributed by atoms with Gasteiger partial charge < -0.3 is 5.11 Å². The summed E-state index contributed by atoms with van der Waals surface area (Å²) in [5, 5.41) is 9.91. The van der Waals surface area contributed by atoms with Gasteiger partial charge in [-0.15, -0.1) is 0 Å². The monoisotopic (exact) mass is 348 g/mol. The summed E-state index contributed by atoms with van der Waals surface area (Å²) in [5.74, 6) is 0.358. The zero-order valence-corrected chi connectivity index (χ0v) is 13.1. The van der Waals surface area contributed by atoms with Crippen molar-refractivity contribution in [3.05, 3.63) is 54.1 Å². The molecule has 0 heterocycles. The second kappa shape index (κ2) is 10.8. The molecule has 23 heavy (non-hydrogen) atoms. The SMILES string of the molecule is CCCCc1ccccc1-c1ccccc1O.O=S(=O)(O)O.[NaH]. The van der Waals surface area contributed by atoms with Crippen LogP contribution in [-0.4, -0.2) is 52.2 Å². The third-order valence-corrected chi connectivity index (χ3v) is 3.01. The van der Waals surface area contributed by atoms with Crippen molar-refractivity contribution in [2.45, 2.75) is 26.2 Å². The summed E-state index contributed by atoms with van der Waals surface area (Å²) >= 11 is 0. The Balaban J connectivity index is 0.000000709. The van der Waals surface area contributed by atoms with Crippen LogP contribution in [-0.2, 0) is 16.8 Å². The van der Waals surface area contributed by atoms with E-state index in [1.54, 1.807) is 6.07 Å². The van der Waals surface area contributed by atoms with Gasteiger partial charge in [0.25, 0.3) is 0 Å². The van der Waals surface area contributed by atoms with Gasteiger partial charge in [0.05, 0.1) is 0 Å². The number of benzene rings is 2. The van der Waals surface area contributed by atoms with Gasteiger partial charge in [0.1, 0.15) is 5.75 Å². The van der Waals surface area contributed by atoms with Crippen molar-refractivity contribution in [3.8, 4) is 16.9 Å². The summed E-state index contributed by atoms with van der Waals surface area (Å²) in [6.07, 6.45) is 3.45. The Kier molecular flexibility index (Phi) is 10.4. The first kappa shape index (κ1) is 22.1. The molecule has 7 heteroatoms. The number of phenolic OH excluding ortho intramolecular Hbond substituents is 1. The van der Waals surface area contributed by atoms with Crippen LogP contribution in [0.3, 0.4) is 0 Å². The molecule has 0 saturated heterocycles. The molecule has 0 aliphatic carbocycles. The van der Waals surface area contributed by atoms with E-state index in [2.05, 4.69) is 25.1 Å².